The van der Waals surface area contributed by atoms with Gasteiger partial charge in [-0.25, -0.2) is 9.97 Å². The Morgan fingerprint density at radius 2 is 1.76 bits per heavy atom. The lowest BCUT2D eigenvalue weighted by Gasteiger charge is -2.12. The molecule has 0 bridgehead atoms. The minimum Gasteiger partial charge on any atom is -0.493 e. The van der Waals surface area contributed by atoms with Crippen molar-refractivity contribution in [3.05, 3.63) is 66.9 Å². The molecular weight excluding hydrogens is 442 g/mol. The first-order chi connectivity index (χ1) is 16.1. The first kappa shape index (κ1) is 20.6. The van der Waals surface area contributed by atoms with Crippen LogP contribution in [0, 0.1) is 0 Å². The van der Waals surface area contributed by atoms with Gasteiger partial charge in [-0.1, -0.05) is 11.3 Å². The highest BCUT2D eigenvalue weighted by atomic mass is 32.1. The summed E-state index contributed by atoms with van der Waals surface area (Å²) in [4.78, 5) is 29.1. The summed E-state index contributed by atoms with van der Waals surface area (Å²) in [6.45, 7) is 0. The van der Waals surface area contributed by atoms with E-state index in [0.717, 1.165) is 21.1 Å². The summed E-state index contributed by atoms with van der Waals surface area (Å²) in [5.74, 6) is 2.06. The number of hydrogen-bond acceptors (Lipinski definition) is 9. The van der Waals surface area contributed by atoms with Gasteiger partial charge in [-0.3, -0.25) is 20.1 Å². The van der Waals surface area contributed by atoms with Gasteiger partial charge in [0.2, 0.25) is 0 Å². The number of carbonyl (C=O) groups excluding carboxylic acids is 1. The number of thiazole rings is 1. The summed E-state index contributed by atoms with van der Waals surface area (Å²) in [7, 11) is 3.16. The topological polar surface area (TPSA) is 108 Å². The number of nitrogens with zero attached hydrogens (tertiary/aromatic N) is 4. The predicted molar refractivity (Wildman–Crippen MR) is 125 cm³/mol. The summed E-state index contributed by atoms with van der Waals surface area (Å²) in [6, 6.07) is 11.0. The van der Waals surface area contributed by atoms with Crippen LogP contribution in [0.2, 0.25) is 0 Å². The molecule has 0 spiro atoms. The van der Waals surface area contributed by atoms with Crippen LogP contribution in [0.1, 0.15) is 10.5 Å². The Hall–Kier alpha value is -4.31. The van der Waals surface area contributed by atoms with Crippen molar-refractivity contribution in [3.63, 3.8) is 0 Å². The van der Waals surface area contributed by atoms with Crippen LogP contribution in [0.5, 0.6) is 23.0 Å². The number of ether oxygens (including phenoxy) is 3. The fourth-order valence-electron chi connectivity index (χ4n) is 3.26. The minimum atomic E-state index is -0.369. The molecule has 0 unspecified atom stereocenters. The molecule has 0 radical (unpaired) electrons. The molecule has 1 N–H and O–H groups in total. The number of anilines is 1. The molecule has 3 aromatic heterocycles. The van der Waals surface area contributed by atoms with E-state index in [-0.39, 0.29) is 11.6 Å². The van der Waals surface area contributed by atoms with Crippen LogP contribution in [-0.2, 0) is 0 Å². The number of methoxy groups -OCH3 is 2. The second-order valence-electron chi connectivity index (χ2n) is 6.83. The lowest BCUT2D eigenvalue weighted by molar-refractivity contribution is 0.102. The van der Waals surface area contributed by atoms with E-state index < -0.39 is 0 Å². The van der Waals surface area contributed by atoms with Crippen LogP contribution in [-0.4, -0.2) is 40.1 Å². The molecule has 0 fully saturated rings. The molecule has 10 heteroatoms. The average molecular weight is 459 g/mol. The average Bonchev–Trinajstić information content (AvgIpc) is 3.25. The molecule has 0 atom stereocenters. The predicted octanol–water partition coefficient (Wildman–Crippen LogP) is 4.70. The molecular formula is C23H17N5O4S. The van der Waals surface area contributed by atoms with Gasteiger partial charge in [0.15, 0.2) is 16.6 Å². The molecule has 9 nitrogen and oxygen atoms in total. The minimum absolute atomic E-state index is 0.220. The van der Waals surface area contributed by atoms with Gasteiger partial charge in [0.25, 0.3) is 5.91 Å². The Morgan fingerprint density at radius 3 is 2.55 bits per heavy atom. The number of aromatic nitrogens is 4. The number of amides is 1. The van der Waals surface area contributed by atoms with E-state index in [1.54, 1.807) is 32.5 Å². The highest BCUT2D eigenvalue weighted by Crippen LogP contribution is 2.38. The molecule has 0 saturated carbocycles. The maximum atomic E-state index is 12.3. The zero-order valence-electron chi connectivity index (χ0n) is 17.6. The lowest BCUT2D eigenvalue weighted by Crippen LogP contribution is -2.13. The van der Waals surface area contributed by atoms with Crippen molar-refractivity contribution < 1.29 is 19.0 Å². The van der Waals surface area contributed by atoms with E-state index >= 15 is 0 Å². The number of pyridine rings is 1. The molecule has 5 aromatic rings. The third-order valence-corrected chi connectivity index (χ3v) is 5.74. The van der Waals surface area contributed by atoms with Gasteiger partial charge in [0.1, 0.15) is 17.2 Å². The quantitative estimate of drug-likeness (QED) is 0.389. The monoisotopic (exact) mass is 459 g/mol. The first-order valence-electron chi connectivity index (χ1n) is 9.81. The molecule has 0 aliphatic carbocycles. The van der Waals surface area contributed by atoms with Gasteiger partial charge in [0.05, 0.1) is 36.1 Å². The second kappa shape index (κ2) is 8.67. The van der Waals surface area contributed by atoms with E-state index in [1.807, 2.05) is 24.3 Å². The van der Waals surface area contributed by atoms with E-state index in [2.05, 4.69) is 25.3 Å². The van der Waals surface area contributed by atoms with Gasteiger partial charge >= 0.3 is 0 Å². The Morgan fingerprint density at radius 1 is 0.909 bits per heavy atom. The van der Waals surface area contributed by atoms with Crippen LogP contribution in [0.3, 0.4) is 0 Å². The zero-order chi connectivity index (χ0) is 22.8. The van der Waals surface area contributed by atoms with E-state index in [4.69, 9.17) is 14.2 Å². The molecule has 0 saturated heterocycles. The Bertz CT molecular complexity index is 1470. The van der Waals surface area contributed by atoms with Crippen molar-refractivity contribution >= 4 is 43.5 Å². The number of benzene rings is 2. The summed E-state index contributed by atoms with van der Waals surface area (Å²) in [5.41, 5.74) is 1.68. The zero-order valence-corrected chi connectivity index (χ0v) is 18.4. The van der Waals surface area contributed by atoms with E-state index in [1.165, 1.54) is 29.9 Å². The highest BCUT2D eigenvalue weighted by molar-refractivity contribution is 7.22. The SMILES string of the molecule is COc1cc2nccc(Oc3ccc4nc(NC(=O)c5cnccn5)sc4c3)c2cc1OC. The molecule has 33 heavy (non-hydrogen) atoms. The summed E-state index contributed by atoms with van der Waals surface area (Å²) in [6.07, 6.45) is 6.05. The molecule has 2 aromatic carbocycles. The first-order valence-corrected chi connectivity index (χ1v) is 10.6. The summed E-state index contributed by atoms with van der Waals surface area (Å²) in [5, 5.41) is 4.01. The van der Waals surface area contributed by atoms with Crippen LogP contribution in [0.15, 0.2) is 61.2 Å². The van der Waals surface area contributed by atoms with Crippen LogP contribution >= 0.6 is 11.3 Å². The fraction of sp³-hybridized carbons (Fsp3) is 0.0870. The van der Waals surface area contributed by atoms with Crippen LogP contribution < -0.4 is 19.5 Å². The lowest BCUT2D eigenvalue weighted by atomic mass is 10.2. The Balaban J connectivity index is 1.43. The van der Waals surface area contributed by atoms with Gasteiger partial charge in [0, 0.05) is 36.1 Å². The summed E-state index contributed by atoms with van der Waals surface area (Å²) >= 11 is 1.34. The van der Waals surface area contributed by atoms with Gasteiger partial charge < -0.3 is 14.2 Å². The fourth-order valence-corrected chi connectivity index (χ4v) is 4.15. The molecule has 0 aliphatic rings. The maximum Gasteiger partial charge on any atom is 0.277 e. The number of fused-ring (bicyclic) bond motifs is 2. The number of rotatable bonds is 6. The van der Waals surface area contributed by atoms with Crippen LogP contribution in [0.25, 0.3) is 21.1 Å². The van der Waals surface area contributed by atoms with Crippen molar-refractivity contribution in [2.75, 3.05) is 19.5 Å². The van der Waals surface area contributed by atoms with E-state index in [0.29, 0.717) is 28.1 Å². The largest absolute Gasteiger partial charge is 0.493 e. The van der Waals surface area contributed by atoms with E-state index in [9.17, 15) is 4.79 Å². The highest BCUT2D eigenvalue weighted by Gasteiger charge is 2.14. The number of hydrogen-bond donors (Lipinski definition) is 1. The number of nitrogens with one attached hydrogen (secondary N) is 1. The second-order valence-corrected chi connectivity index (χ2v) is 7.86. The Kier molecular flexibility index (Phi) is 5.41. The van der Waals surface area contributed by atoms with Crippen molar-refractivity contribution in [2.24, 2.45) is 0 Å². The molecule has 0 aliphatic heterocycles. The third kappa shape index (κ3) is 4.11. The van der Waals surface area contributed by atoms with Gasteiger partial charge in [-0.2, -0.15) is 0 Å². The molecule has 1 amide bonds. The Labute approximate surface area is 192 Å². The molecule has 3 heterocycles. The van der Waals surface area contributed by atoms with Gasteiger partial charge in [-0.15, -0.1) is 0 Å². The molecule has 5 rings (SSSR count). The summed E-state index contributed by atoms with van der Waals surface area (Å²) < 4.78 is 17.8. The smallest absolute Gasteiger partial charge is 0.277 e. The maximum absolute atomic E-state index is 12.3. The standard InChI is InChI=1S/C23H17N5O4S/c1-30-19-10-14-16(11-20(19)31-2)25-6-5-18(14)32-13-3-4-15-21(9-13)33-23(27-15)28-22(29)17-12-24-7-8-26-17/h3-12H,1-2H3,(H,27,28,29). The molecule has 164 valence electrons. The van der Waals surface area contributed by atoms with Crippen molar-refractivity contribution in [2.45, 2.75) is 0 Å². The van der Waals surface area contributed by atoms with Crippen LogP contribution in [0.4, 0.5) is 5.13 Å². The van der Waals surface area contributed by atoms with Gasteiger partial charge in [-0.05, 0) is 24.3 Å². The van der Waals surface area contributed by atoms with Crippen molar-refractivity contribution in [1.82, 2.24) is 19.9 Å². The third-order valence-electron chi connectivity index (χ3n) is 4.81. The number of carbonyl (C=O) groups is 1. The van der Waals surface area contributed by atoms with Crippen molar-refractivity contribution in [1.29, 1.82) is 0 Å². The normalized spacial score (nSPS) is 10.8. The van der Waals surface area contributed by atoms with Crippen molar-refractivity contribution in [3.8, 4) is 23.0 Å².